The van der Waals surface area contributed by atoms with Crippen molar-refractivity contribution in [2.45, 2.75) is 51.6 Å². The van der Waals surface area contributed by atoms with Crippen molar-refractivity contribution < 1.29 is 22.7 Å². The summed E-state index contributed by atoms with van der Waals surface area (Å²) in [5, 5.41) is 2.64. The minimum absolute atomic E-state index is 0.0307. The number of aryl methyl sites for hydroxylation is 2. The molecule has 9 heteroatoms. The van der Waals surface area contributed by atoms with Crippen molar-refractivity contribution >= 4 is 27.5 Å². The number of anilines is 1. The third-order valence-corrected chi connectivity index (χ3v) is 8.35. The molecule has 1 atom stereocenters. The van der Waals surface area contributed by atoms with Crippen LogP contribution < -0.4 is 14.4 Å². The van der Waals surface area contributed by atoms with Gasteiger partial charge in [-0.05, 0) is 74.7 Å². The van der Waals surface area contributed by atoms with Crippen LogP contribution in [0.15, 0.2) is 77.7 Å². The Labute approximate surface area is 231 Å². The smallest absolute Gasteiger partial charge is 0.264 e. The summed E-state index contributed by atoms with van der Waals surface area (Å²) in [6.45, 7) is 7.66. The van der Waals surface area contributed by atoms with Gasteiger partial charge in [0.05, 0.1) is 17.2 Å². The van der Waals surface area contributed by atoms with Crippen LogP contribution in [0.1, 0.15) is 37.0 Å². The number of likely N-dealkylation sites (N-methyl/N-ethyl adjacent to an activating group) is 1. The van der Waals surface area contributed by atoms with Crippen LogP contribution in [0.4, 0.5) is 5.69 Å². The van der Waals surface area contributed by atoms with Crippen molar-refractivity contribution in [3.05, 3.63) is 89.5 Å². The van der Waals surface area contributed by atoms with E-state index in [9.17, 15) is 18.0 Å². The average molecular weight is 552 g/mol. The number of nitrogens with zero attached hydrogens (tertiary/aromatic N) is 2. The first-order valence-corrected chi connectivity index (χ1v) is 14.4. The van der Waals surface area contributed by atoms with Gasteiger partial charge in [-0.15, -0.1) is 0 Å². The summed E-state index contributed by atoms with van der Waals surface area (Å²) >= 11 is 0. The second-order valence-electron chi connectivity index (χ2n) is 9.24. The fourth-order valence-corrected chi connectivity index (χ4v) is 5.71. The van der Waals surface area contributed by atoms with Crippen LogP contribution in [0.3, 0.4) is 0 Å². The van der Waals surface area contributed by atoms with Crippen molar-refractivity contribution in [2.75, 3.05) is 24.5 Å². The molecule has 0 saturated carbocycles. The van der Waals surface area contributed by atoms with Crippen LogP contribution in [-0.4, -0.2) is 51.4 Å². The molecular weight excluding hydrogens is 514 g/mol. The van der Waals surface area contributed by atoms with E-state index in [4.69, 9.17) is 4.74 Å². The molecule has 0 bridgehead atoms. The molecule has 0 aliphatic carbocycles. The molecule has 0 aliphatic rings. The minimum Gasteiger partial charge on any atom is -0.494 e. The third kappa shape index (κ3) is 7.17. The van der Waals surface area contributed by atoms with E-state index in [1.54, 1.807) is 36.4 Å². The van der Waals surface area contributed by atoms with Crippen molar-refractivity contribution in [1.82, 2.24) is 10.2 Å². The van der Waals surface area contributed by atoms with E-state index < -0.39 is 28.5 Å². The highest BCUT2D eigenvalue weighted by atomic mass is 32.2. The van der Waals surface area contributed by atoms with Gasteiger partial charge in [0.1, 0.15) is 18.3 Å². The standard InChI is InChI=1S/C30H37N3O5S/c1-6-28(30(35)31-5)32(20-24-11-9-8-10-23(24)4)29(34)21-33(25-14-12-22(3)13-15-25)39(36,37)27-18-16-26(17-19-27)38-7-2/h8-19,28H,6-7,20-21H2,1-5H3,(H,31,35)/t28-/m1/s1. The first kappa shape index (κ1) is 29.7. The van der Waals surface area contributed by atoms with E-state index in [0.717, 1.165) is 21.0 Å². The van der Waals surface area contributed by atoms with Gasteiger partial charge in [-0.3, -0.25) is 13.9 Å². The first-order chi connectivity index (χ1) is 18.6. The zero-order valence-corrected chi connectivity index (χ0v) is 24.0. The molecule has 208 valence electrons. The molecule has 3 aromatic rings. The molecular formula is C30H37N3O5S. The molecule has 0 fully saturated rings. The number of nitrogens with one attached hydrogen (secondary N) is 1. The number of benzene rings is 3. The monoisotopic (exact) mass is 551 g/mol. The molecule has 8 nitrogen and oxygen atoms in total. The third-order valence-electron chi connectivity index (χ3n) is 6.56. The summed E-state index contributed by atoms with van der Waals surface area (Å²) in [6.07, 6.45) is 0.369. The van der Waals surface area contributed by atoms with E-state index in [-0.39, 0.29) is 17.3 Å². The van der Waals surface area contributed by atoms with Crippen LogP contribution in [-0.2, 0) is 26.2 Å². The molecule has 1 N–H and O–H groups in total. The molecule has 0 unspecified atom stereocenters. The molecule has 2 amide bonds. The van der Waals surface area contributed by atoms with E-state index >= 15 is 0 Å². The lowest BCUT2D eigenvalue weighted by atomic mass is 10.1. The molecule has 3 rings (SSSR count). The number of hydrogen-bond donors (Lipinski definition) is 1. The predicted molar refractivity (Wildman–Crippen MR) is 153 cm³/mol. The molecule has 39 heavy (non-hydrogen) atoms. The first-order valence-electron chi connectivity index (χ1n) is 13.0. The Morgan fingerprint density at radius 2 is 1.56 bits per heavy atom. The van der Waals surface area contributed by atoms with Crippen molar-refractivity contribution in [3.8, 4) is 5.75 Å². The summed E-state index contributed by atoms with van der Waals surface area (Å²) in [5.74, 6) is -0.241. The maximum atomic E-state index is 14.0. The molecule has 0 heterocycles. The fourth-order valence-electron chi connectivity index (χ4n) is 4.30. The summed E-state index contributed by atoms with van der Waals surface area (Å²) in [6, 6.07) is 19.9. The lowest BCUT2D eigenvalue weighted by Crippen LogP contribution is -2.51. The van der Waals surface area contributed by atoms with Crippen molar-refractivity contribution in [2.24, 2.45) is 0 Å². The number of carbonyl (C=O) groups excluding carboxylic acids is 2. The highest BCUT2D eigenvalue weighted by Gasteiger charge is 2.33. The number of carbonyl (C=O) groups is 2. The Bertz CT molecular complexity index is 1370. The topological polar surface area (TPSA) is 96.0 Å². The van der Waals surface area contributed by atoms with Gasteiger partial charge in [-0.2, -0.15) is 0 Å². The Morgan fingerprint density at radius 1 is 0.923 bits per heavy atom. The van der Waals surface area contributed by atoms with Crippen LogP contribution >= 0.6 is 0 Å². The van der Waals surface area contributed by atoms with Crippen LogP contribution in [0.25, 0.3) is 0 Å². The normalized spacial score (nSPS) is 11.9. The van der Waals surface area contributed by atoms with Gasteiger partial charge in [0.25, 0.3) is 10.0 Å². The quantitative estimate of drug-likeness (QED) is 0.359. The fraction of sp³-hybridized carbons (Fsp3) is 0.333. The van der Waals surface area contributed by atoms with Gasteiger partial charge < -0.3 is 15.0 Å². The van der Waals surface area contributed by atoms with E-state index in [1.807, 2.05) is 52.0 Å². The van der Waals surface area contributed by atoms with Gasteiger partial charge in [0.2, 0.25) is 11.8 Å². The van der Waals surface area contributed by atoms with Gasteiger partial charge in [0, 0.05) is 13.6 Å². The zero-order valence-electron chi connectivity index (χ0n) is 23.2. The maximum absolute atomic E-state index is 14.0. The van der Waals surface area contributed by atoms with E-state index in [2.05, 4.69) is 5.32 Å². The van der Waals surface area contributed by atoms with E-state index in [0.29, 0.717) is 24.5 Å². The maximum Gasteiger partial charge on any atom is 0.264 e. The number of amides is 2. The van der Waals surface area contributed by atoms with Crippen molar-refractivity contribution in [3.63, 3.8) is 0 Å². The average Bonchev–Trinajstić information content (AvgIpc) is 2.93. The summed E-state index contributed by atoms with van der Waals surface area (Å²) in [7, 11) is -2.61. The Balaban J connectivity index is 2.05. The zero-order chi connectivity index (χ0) is 28.6. The molecule has 3 aromatic carbocycles. The van der Waals surface area contributed by atoms with Gasteiger partial charge >= 0.3 is 0 Å². The molecule has 0 aliphatic heterocycles. The number of sulfonamides is 1. The summed E-state index contributed by atoms with van der Waals surface area (Å²) in [4.78, 5) is 28.3. The highest BCUT2D eigenvalue weighted by Crippen LogP contribution is 2.27. The Hall–Kier alpha value is -3.85. The summed E-state index contributed by atoms with van der Waals surface area (Å²) in [5.41, 5.74) is 3.16. The lowest BCUT2D eigenvalue weighted by Gasteiger charge is -2.33. The predicted octanol–water partition coefficient (Wildman–Crippen LogP) is 4.45. The van der Waals surface area contributed by atoms with Crippen molar-refractivity contribution in [1.29, 1.82) is 0 Å². The Kier molecular flexibility index (Phi) is 10.1. The van der Waals surface area contributed by atoms with Gasteiger partial charge in [0.15, 0.2) is 0 Å². The highest BCUT2D eigenvalue weighted by molar-refractivity contribution is 7.92. The number of ether oxygens (including phenoxy) is 1. The molecule has 0 spiro atoms. The van der Waals surface area contributed by atoms with Gasteiger partial charge in [-0.25, -0.2) is 8.42 Å². The van der Waals surface area contributed by atoms with Gasteiger partial charge in [-0.1, -0.05) is 48.9 Å². The molecule has 0 saturated heterocycles. The molecule has 0 radical (unpaired) electrons. The SMILES string of the molecule is CCOc1ccc(S(=O)(=O)N(CC(=O)N(Cc2ccccc2C)[C@H](CC)C(=O)NC)c2ccc(C)cc2)cc1. The minimum atomic E-state index is -4.14. The lowest BCUT2D eigenvalue weighted by molar-refractivity contribution is -0.140. The van der Waals surface area contributed by atoms with Crippen LogP contribution in [0, 0.1) is 13.8 Å². The summed E-state index contributed by atoms with van der Waals surface area (Å²) < 4.78 is 34.4. The second kappa shape index (κ2) is 13.3. The second-order valence-corrected chi connectivity index (χ2v) is 11.1. The largest absolute Gasteiger partial charge is 0.494 e. The van der Waals surface area contributed by atoms with E-state index in [1.165, 1.54) is 24.1 Å². The Morgan fingerprint density at radius 3 is 2.13 bits per heavy atom. The number of hydrogen-bond acceptors (Lipinski definition) is 5. The molecule has 0 aromatic heterocycles. The van der Waals surface area contributed by atoms with Crippen LogP contribution in [0.2, 0.25) is 0 Å². The van der Waals surface area contributed by atoms with Crippen LogP contribution in [0.5, 0.6) is 5.75 Å². The number of rotatable bonds is 12.